The third-order valence-electron chi connectivity index (χ3n) is 4.00. The summed E-state index contributed by atoms with van der Waals surface area (Å²) in [5.74, 6) is 1.90. The zero-order chi connectivity index (χ0) is 14.9. The van der Waals surface area contributed by atoms with Gasteiger partial charge in [0, 0.05) is 11.6 Å². The molecule has 1 aliphatic rings. The van der Waals surface area contributed by atoms with Crippen molar-refractivity contribution in [3.8, 4) is 5.75 Å². The second-order valence-corrected chi connectivity index (χ2v) is 5.49. The molecule has 5 heteroatoms. The van der Waals surface area contributed by atoms with E-state index >= 15 is 0 Å². The summed E-state index contributed by atoms with van der Waals surface area (Å²) in [4.78, 5) is 4.41. The molecule has 2 aromatic rings. The minimum Gasteiger partial charge on any atom is -0.496 e. The highest BCUT2D eigenvalue weighted by atomic mass is 16.5. The summed E-state index contributed by atoms with van der Waals surface area (Å²) in [6, 6.07) is 7.83. The van der Waals surface area contributed by atoms with E-state index in [0.717, 1.165) is 36.1 Å². The first kappa shape index (κ1) is 13.8. The number of aromatic nitrogens is 2. The molecule has 1 saturated carbocycles. The molecule has 1 aromatic carbocycles. The summed E-state index contributed by atoms with van der Waals surface area (Å²) in [7, 11) is 1.66. The van der Waals surface area contributed by atoms with Crippen molar-refractivity contribution in [2.24, 2.45) is 5.73 Å². The van der Waals surface area contributed by atoms with Gasteiger partial charge in [0.25, 0.3) is 5.89 Å². The van der Waals surface area contributed by atoms with E-state index in [0.29, 0.717) is 11.7 Å². The van der Waals surface area contributed by atoms with E-state index in [4.69, 9.17) is 15.0 Å². The van der Waals surface area contributed by atoms with Gasteiger partial charge in [0.05, 0.1) is 12.6 Å². The van der Waals surface area contributed by atoms with Gasteiger partial charge >= 0.3 is 0 Å². The first-order valence-electron chi connectivity index (χ1n) is 7.07. The molecule has 0 aliphatic heterocycles. The van der Waals surface area contributed by atoms with Crippen LogP contribution in [0.4, 0.5) is 0 Å². The minimum atomic E-state index is -0.395. The van der Waals surface area contributed by atoms with Crippen LogP contribution in [-0.4, -0.2) is 17.3 Å². The van der Waals surface area contributed by atoms with Crippen LogP contribution in [0.15, 0.2) is 28.8 Å². The molecule has 1 aliphatic carbocycles. The van der Waals surface area contributed by atoms with Crippen molar-refractivity contribution in [3.05, 3.63) is 41.5 Å². The molecule has 0 atom stereocenters. The quantitative estimate of drug-likeness (QED) is 0.934. The molecule has 0 bridgehead atoms. The van der Waals surface area contributed by atoms with Crippen LogP contribution in [0.5, 0.6) is 5.75 Å². The average Bonchev–Trinajstić information content (AvgIpc) is 2.93. The summed E-state index contributed by atoms with van der Waals surface area (Å²) < 4.78 is 10.7. The third kappa shape index (κ3) is 2.56. The lowest BCUT2D eigenvalue weighted by atomic mass is 9.77. The molecule has 1 fully saturated rings. The molecule has 2 N–H and O–H groups in total. The molecule has 5 nitrogen and oxygen atoms in total. The Kier molecular flexibility index (Phi) is 3.51. The maximum Gasteiger partial charge on any atom is 0.250 e. The number of hydrogen-bond donors (Lipinski definition) is 1. The highest BCUT2D eigenvalue weighted by Gasteiger charge is 2.38. The maximum atomic E-state index is 6.20. The van der Waals surface area contributed by atoms with E-state index in [-0.39, 0.29) is 0 Å². The summed E-state index contributed by atoms with van der Waals surface area (Å²) in [5.41, 5.74) is 7.81. The van der Waals surface area contributed by atoms with Crippen molar-refractivity contribution in [1.82, 2.24) is 10.1 Å². The van der Waals surface area contributed by atoms with Crippen LogP contribution in [0.1, 0.15) is 43.5 Å². The number of ether oxygens (including phenoxy) is 1. The smallest absolute Gasteiger partial charge is 0.250 e. The van der Waals surface area contributed by atoms with Gasteiger partial charge in [-0.15, -0.1) is 0 Å². The van der Waals surface area contributed by atoms with E-state index in [1.54, 1.807) is 7.11 Å². The van der Waals surface area contributed by atoms with E-state index < -0.39 is 5.54 Å². The molecule has 0 amide bonds. The SMILES string of the molecule is COc1ccccc1/C(C)=C/c1nc(C2(N)CCC2)no1. The molecule has 1 heterocycles. The maximum absolute atomic E-state index is 6.20. The first-order valence-corrected chi connectivity index (χ1v) is 7.07. The van der Waals surface area contributed by atoms with Crippen LogP contribution in [-0.2, 0) is 5.54 Å². The van der Waals surface area contributed by atoms with Crippen LogP contribution >= 0.6 is 0 Å². The standard InChI is InChI=1S/C16H19N3O2/c1-11(12-6-3-4-7-13(12)20-2)10-14-18-15(19-21-14)16(17)8-5-9-16/h3-4,6-7,10H,5,8-9,17H2,1-2H3/b11-10+. The van der Waals surface area contributed by atoms with E-state index in [9.17, 15) is 0 Å². The predicted molar refractivity (Wildman–Crippen MR) is 80.6 cm³/mol. The van der Waals surface area contributed by atoms with Gasteiger partial charge in [-0.25, -0.2) is 0 Å². The zero-order valence-electron chi connectivity index (χ0n) is 12.3. The Morgan fingerprint density at radius 3 is 2.81 bits per heavy atom. The normalized spacial score (nSPS) is 17.4. The second kappa shape index (κ2) is 5.33. The van der Waals surface area contributed by atoms with Gasteiger partial charge in [0.1, 0.15) is 5.75 Å². The Morgan fingerprint density at radius 1 is 1.38 bits per heavy atom. The fraction of sp³-hybridized carbons (Fsp3) is 0.375. The van der Waals surface area contributed by atoms with Gasteiger partial charge in [-0.3, -0.25) is 0 Å². The number of para-hydroxylation sites is 1. The monoisotopic (exact) mass is 285 g/mol. The van der Waals surface area contributed by atoms with Crippen molar-refractivity contribution in [2.75, 3.05) is 7.11 Å². The molecule has 0 spiro atoms. The Hall–Kier alpha value is -2.14. The van der Waals surface area contributed by atoms with Crippen LogP contribution in [0.2, 0.25) is 0 Å². The van der Waals surface area contributed by atoms with Gasteiger partial charge in [0.2, 0.25) is 0 Å². The number of rotatable bonds is 4. The predicted octanol–water partition coefficient (Wildman–Crippen LogP) is 2.98. The number of benzene rings is 1. The largest absolute Gasteiger partial charge is 0.496 e. The van der Waals surface area contributed by atoms with Crippen molar-refractivity contribution in [3.63, 3.8) is 0 Å². The van der Waals surface area contributed by atoms with Crippen LogP contribution in [0, 0.1) is 0 Å². The molecule has 1 aromatic heterocycles. The molecule has 3 rings (SSSR count). The Morgan fingerprint density at radius 2 is 2.14 bits per heavy atom. The summed E-state index contributed by atoms with van der Waals surface area (Å²) in [6.07, 6.45) is 4.81. The lowest BCUT2D eigenvalue weighted by Crippen LogP contribution is -2.44. The summed E-state index contributed by atoms with van der Waals surface area (Å²) in [5, 5.41) is 4.01. The lowest BCUT2D eigenvalue weighted by Gasteiger charge is -2.34. The first-order chi connectivity index (χ1) is 10.1. The zero-order valence-corrected chi connectivity index (χ0v) is 12.3. The van der Waals surface area contributed by atoms with Gasteiger partial charge in [-0.05, 0) is 37.8 Å². The number of hydrogen-bond acceptors (Lipinski definition) is 5. The highest BCUT2D eigenvalue weighted by Crippen LogP contribution is 2.37. The number of nitrogens with zero attached hydrogens (tertiary/aromatic N) is 2. The van der Waals surface area contributed by atoms with E-state index in [2.05, 4.69) is 10.1 Å². The number of allylic oxidation sites excluding steroid dienone is 1. The third-order valence-corrected chi connectivity index (χ3v) is 4.00. The van der Waals surface area contributed by atoms with Crippen molar-refractivity contribution >= 4 is 11.6 Å². The molecule has 0 radical (unpaired) electrons. The summed E-state index contributed by atoms with van der Waals surface area (Å²) in [6.45, 7) is 1.99. The Labute approximate surface area is 123 Å². The van der Waals surface area contributed by atoms with Crippen LogP contribution in [0.25, 0.3) is 11.6 Å². The van der Waals surface area contributed by atoms with Gasteiger partial charge in [-0.1, -0.05) is 23.4 Å². The fourth-order valence-electron chi connectivity index (χ4n) is 2.51. The number of methoxy groups -OCH3 is 1. The van der Waals surface area contributed by atoms with Crippen LogP contribution in [0.3, 0.4) is 0 Å². The van der Waals surface area contributed by atoms with Gasteiger partial charge < -0.3 is 15.0 Å². The van der Waals surface area contributed by atoms with E-state index in [1.165, 1.54) is 0 Å². The van der Waals surface area contributed by atoms with Crippen molar-refractivity contribution in [2.45, 2.75) is 31.7 Å². The molecular weight excluding hydrogens is 266 g/mol. The summed E-state index contributed by atoms with van der Waals surface area (Å²) >= 11 is 0. The lowest BCUT2D eigenvalue weighted by molar-refractivity contribution is 0.229. The van der Waals surface area contributed by atoms with Crippen LogP contribution < -0.4 is 10.5 Å². The number of nitrogens with two attached hydrogens (primary N) is 1. The second-order valence-electron chi connectivity index (χ2n) is 5.49. The van der Waals surface area contributed by atoms with Crippen molar-refractivity contribution in [1.29, 1.82) is 0 Å². The van der Waals surface area contributed by atoms with Gasteiger partial charge in [0.15, 0.2) is 5.82 Å². The molecular formula is C16H19N3O2. The van der Waals surface area contributed by atoms with Gasteiger partial charge in [-0.2, -0.15) is 4.98 Å². The molecule has 21 heavy (non-hydrogen) atoms. The van der Waals surface area contributed by atoms with E-state index in [1.807, 2.05) is 37.3 Å². The highest BCUT2D eigenvalue weighted by molar-refractivity contribution is 5.80. The topological polar surface area (TPSA) is 74.2 Å². The molecule has 0 saturated heterocycles. The fourth-order valence-corrected chi connectivity index (χ4v) is 2.51. The Bertz CT molecular complexity index is 672. The van der Waals surface area contributed by atoms with Crippen molar-refractivity contribution < 1.29 is 9.26 Å². The Balaban J connectivity index is 1.87. The molecule has 110 valence electrons. The average molecular weight is 285 g/mol. The minimum absolute atomic E-state index is 0.395. The molecule has 0 unspecified atom stereocenters.